The number of benzene rings is 12. The summed E-state index contributed by atoms with van der Waals surface area (Å²) in [7, 11) is 0. The highest BCUT2D eigenvalue weighted by Crippen LogP contribution is 2.59. The number of nitrogens with zero attached hydrogens (tertiary/aromatic N) is 4. The summed E-state index contributed by atoms with van der Waals surface area (Å²) >= 11 is 0. The molecule has 0 aliphatic heterocycles. The van der Waals surface area contributed by atoms with Crippen LogP contribution in [0.25, 0.3) is 11.1 Å². The minimum atomic E-state index is -0.917. The van der Waals surface area contributed by atoms with Gasteiger partial charge in [-0.05, 0) is 222 Å². The standard InChI is InChI=1S/C81H70N4/c1-55-17-33-65(34-18-55)82(66-35-19-56(2)20-36-66)73-49-63(50-74(53-73)83(67-37-21-57(3)22-38-67)68-39-23-58(4)24-40-68)81(79-15-11-9-13-77(79)78-14-10-12-16-80(78)81)64-51-75(84(69-41-25-59(5)26-42-69)70-43-27-60(6)28-44-70)54-76(52-64)85(71-45-29-61(7)30-46-71)72-47-31-62(8)32-48-72/h9-54H,1-8H3. The fourth-order valence-electron chi connectivity index (χ4n) is 12.5. The molecule has 0 heterocycles. The van der Waals surface area contributed by atoms with Gasteiger partial charge in [0, 0.05) is 68.2 Å². The fourth-order valence-corrected chi connectivity index (χ4v) is 12.5. The quantitative estimate of drug-likeness (QED) is 0.108. The lowest BCUT2D eigenvalue weighted by Gasteiger charge is -2.38. The van der Waals surface area contributed by atoms with Gasteiger partial charge in [0.25, 0.3) is 0 Å². The third-order valence-corrected chi connectivity index (χ3v) is 17.0. The van der Waals surface area contributed by atoms with Gasteiger partial charge in [-0.25, -0.2) is 0 Å². The Hall–Kier alpha value is -10.2. The molecule has 0 N–H and O–H groups in total. The highest BCUT2D eigenvalue weighted by atomic mass is 15.2. The van der Waals surface area contributed by atoms with E-state index in [9.17, 15) is 0 Å². The summed E-state index contributed by atoms with van der Waals surface area (Å²) in [5, 5.41) is 0. The van der Waals surface area contributed by atoms with Crippen molar-refractivity contribution in [2.45, 2.75) is 60.8 Å². The van der Waals surface area contributed by atoms with Crippen LogP contribution < -0.4 is 19.6 Å². The van der Waals surface area contributed by atoms with E-state index < -0.39 is 5.41 Å². The average molecular weight is 1100 g/mol. The van der Waals surface area contributed by atoms with Gasteiger partial charge in [-0.1, -0.05) is 190 Å². The third-order valence-electron chi connectivity index (χ3n) is 17.0. The Balaban J connectivity index is 1.20. The highest BCUT2D eigenvalue weighted by molar-refractivity contribution is 5.92. The molecule has 85 heavy (non-hydrogen) atoms. The van der Waals surface area contributed by atoms with Gasteiger partial charge < -0.3 is 19.6 Å². The first kappa shape index (κ1) is 54.1. The van der Waals surface area contributed by atoms with Crippen LogP contribution in [0, 0.1) is 55.4 Å². The molecule has 4 heteroatoms. The Kier molecular flexibility index (Phi) is 14.3. The lowest BCUT2D eigenvalue weighted by atomic mass is 9.67. The van der Waals surface area contributed by atoms with E-state index in [0.29, 0.717) is 0 Å². The summed E-state index contributed by atoms with van der Waals surface area (Å²) in [5.41, 5.74) is 28.5. The van der Waals surface area contributed by atoms with Gasteiger partial charge >= 0.3 is 0 Å². The molecule has 12 aromatic rings. The Bertz CT molecular complexity index is 3640. The molecule has 0 saturated carbocycles. The van der Waals surface area contributed by atoms with Crippen molar-refractivity contribution in [1.82, 2.24) is 0 Å². The molecule has 0 amide bonds. The van der Waals surface area contributed by atoms with E-state index in [-0.39, 0.29) is 0 Å². The van der Waals surface area contributed by atoms with Crippen LogP contribution in [0.5, 0.6) is 0 Å². The van der Waals surface area contributed by atoms with Gasteiger partial charge in [0.1, 0.15) is 0 Å². The zero-order chi connectivity index (χ0) is 58.3. The van der Waals surface area contributed by atoms with Gasteiger partial charge in [-0.3, -0.25) is 0 Å². The molecule has 1 aliphatic rings. The van der Waals surface area contributed by atoms with Crippen LogP contribution in [0.1, 0.15) is 66.8 Å². The summed E-state index contributed by atoms with van der Waals surface area (Å²) in [6, 6.07) is 105. The first-order valence-corrected chi connectivity index (χ1v) is 29.6. The van der Waals surface area contributed by atoms with Gasteiger partial charge in [-0.2, -0.15) is 0 Å². The largest absolute Gasteiger partial charge is 0.310 e. The normalized spacial score (nSPS) is 12.1. The van der Waals surface area contributed by atoms with E-state index in [1.807, 2.05) is 0 Å². The van der Waals surface area contributed by atoms with Crippen LogP contribution in [-0.4, -0.2) is 0 Å². The Morgan fingerprint density at radius 3 is 0.553 bits per heavy atom. The van der Waals surface area contributed by atoms with Crippen LogP contribution in [0.4, 0.5) is 68.2 Å². The minimum absolute atomic E-state index is 0.917. The Morgan fingerprint density at radius 2 is 0.365 bits per heavy atom. The van der Waals surface area contributed by atoms with Crippen molar-refractivity contribution >= 4 is 68.2 Å². The second-order valence-corrected chi connectivity index (χ2v) is 23.3. The van der Waals surface area contributed by atoms with Gasteiger partial charge in [0.05, 0.1) is 5.41 Å². The number of hydrogen-bond donors (Lipinski definition) is 0. The van der Waals surface area contributed by atoms with E-state index in [1.54, 1.807) is 0 Å². The molecular formula is C81H70N4. The number of hydrogen-bond acceptors (Lipinski definition) is 4. The van der Waals surface area contributed by atoms with E-state index in [0.717, 1.165) is 79.4 Å². The van der Waals surface area contributed by atoms with Crippen molar-refractivity contribution in [2.24, 2.45) is 0 Å². The molecule has 0 aromatic heterocycles. The van der Waals surface area contributed by atoms with E-state index in [2.05, 4.69) is 354 Å². The first-order chi connectivity index (χ1) is 41.4. The summed E-state index contributed by atoms with van der Waals surface area (Å²) in [6.45, 7) is 17.3. The molecule has 0 saturated heterocycles. The molecule has 1 aliphatic carbocycles. The molecule has 0 bridgehead atoms. The highest BCUT2D eigenvalue weighted by Gasteiger charge is 2.47. The monoisotopic (exact) mass is 1100 g/mol. The minimum Gasteiger partial charge on any atom is -0.310 e. The van der Waals surface area contributed by atoms with Crippen LogP contribution >= 0.6 is 0 Å². The van der Waals surface area contributed by atoms with Crippen molar-refractivity contribution in [2.75, 3.05) is 19.6 Å². The molecule has 0 fully saturated rings. The SMILES string of the molecule is Cc1ccc(N(c2ccc(C)cc2)c2cc(N(c3ccc(C)cc3)c3ccc(C)cc3)cc(C3(c4cc(N(c5ccc(C)cc5)c5ccc(C)cc5)cc(N(c5ccc(C)cc5)c5ccc(C)cc5)c4)c4ccccc4-c4ccccc43)c2)cc1. The van der Waals surface area contributed by atoms with Gasteiger partial charge in [0.15, 0.2) is 0 Å². The molecule has 414 valence electrons. The molecule has 0 spiro atoms. The van der Waals surface area contributed by atoms with Gasteiger partial charge in [-0.15, -0.1) is 0 Å². The molecule has 0 radical (unpaired) electrons. The predicted molar refractivity (Wildman–Crippen MR) is 360 cm³/mol. The smallest absolute Gasteiger partial charge is 0.0716 e. The number of fused-ring (bicyclic) bond motifs is 3. The van der Waals surface area contributed by atoms with E-state index >= 15 is 0 Å². The molecule has 12 aromatic carbocycles. The molecule has 0 unspecified atom stereocenters. The van der Waals surface area contributed by atoms with Crippen LogP contribution in [0.3, 0.4) is 0 Å². The number of anilines is 12. The zero-order valence-electron chi connectivity index (χ0n) is 49.8. The summed E-state index contributed by atoms with van der Waals surface area (Å²) in [6.07, 6.45) is 0. The second-order valence-electron chi connectivity index (χ2n) is 23.3. The maximum atomic E-state index is 2.49. The van der Waals surface area contributed by atoms with E-state index in [4.69, 9.17) is 0 Å². The second kappa shape index (κ2) is 22.5. The van der Waals surface area contributed by atoms with Crippen molar-refractivity contribution in [3.8, 4) is 11.1 Å². The van der Waals surface area contributed by atoms with Crippen molar-refractivity contribution in [3.63, 3.8) is 0 Å². The molecular weight excluding hydrogens is 1030 g/mol. The summed E-state index contributed by atoms with van der Waals surface area (Å²) in [5.74, 6) is 0. The van der Waals surface area contributed by atoms with Gasteiger partial charge in [0.2, 0.25) is 0 Å². The predicted octanol–water partition coefficient (Wildman–Crippen LogP) is 22.4. The Morgan fingerprint density at radius 1 is 0.188 bits per heavy atom. The maximum absolute atomic E-state index is 2.49. The number of rotatable bonds is 14. The molecule has 0 atom stereocenters. The number of aryl methyl sites for hydroxylation is 8. The molecule has 13 rings (SSSR count). The summed E-state index contributed by atoms with van der Waals surface area (Å²) in [4.78, 5) is 9.79. The van der Waals surface area contributed by atoms with Crippen molar-refractivity contribution in [3.05, 3.63) is 346 Å². The fraction of sp³-hybridized carbons (Fsp3) is 0.111. The lowest BCUT2D eigenvalue weighted by Crippen LogP contribution is -2.30. The van der Waals surface area contributed by atoms with Crippen LogP contribution in [0.15, 0.2) is 279 Å². The third kappa shape index (κ3) is 10.4. The van der Waals surface area contributed by atoms with Crippen LogP contribution in [0.2, 0.25) is 0 Å². The van der Waals surface area contributed by atoms with Crippen LogP contribution in [-0.2, 0) is 5.41 Å². The zero-order valence-corrected chi connectivity index (χ0v) is 49.8. The first-order valence-electron chi connectivity index (χ1n) is 29.6. The van der Waals surface area contributed by atoms with Crippen molar-refractivity contribution < 1.29 is 0 Å². The lowest BCUT2D eigenvalue weighted by molar-refractivity contribution is 0.768. The summed E-state index contributed by atoms with van der Waals surface area (Å²) < 4.78 is 0. The topological polar surface area (TPSA) is 13.0 Å². The Labute approximate surface area is 502 Å². The molecule has 4 nitrogen and oxygen atoms in total. The maximum Gasteiger partial charge on any atom is 0.0716 e. The average Bonchev–Trinajstić information content (AvgIpc) is 2.14. The van der Waals surface area contributed by atoms with E-state index in [1.165, 1.54) is 66.8 Å². The van der Waals surface area contributed by atoms with Crippen molar-refractivity contribution in [1.29, 1.82) is 0 Å².